The number of carbonyl (C=O) groups excluding carboxylic acids is 1. The minimum absolute atomic E-state index is 0.0987. The minimum Gasteiger partial charge on any atom is -0.352 e. The molecule has 0 aromatic carbocycles. The molecule has 0 aliphatic rings. The van der Waals surface area contributed by atoms with Crippen molar-refractivity contribution >= 4 is 5.91 Å². The molecule has 0 saturated heterocycles. The topological polar surface area (TPSA) is 54.9 Å². The normalized spacial score (nSPS) is 10.1. The first-order chi connectivity index (χ1) is 8.75. The zero-order valence-corrected chi connectivity index (χ0v) is 10.3. The highest BCUT2D eigenvalue weighted by molar-refractivity contribution is 5.93. The van der Waals surface area contributed by atoms with Gasteiger partial charge in [-0.25, -0.2) is 0 Å². The molecule has 2 heterocycles. The zero-order chi connectivity index (χ0) is 12.8. The van der Waals surface area contributed by atoms with Crippen LogP contribution in [0, 0.1) is 6.92 Å². The molecule has 0 saturated carbocycles. The van der Waals surface area contributed by atoms with Gasteiger partial charge < -0.3 is 5.32 Å². The van der Waals surface area contributed by atoms with E-state index < -0.39 is 0 Å². The maximum absolute atomic E-state index is 11.8. The number of carbonyl (C=O) groups is 1. The third-order valence-electron chi connectivity index (χ3n) is 2.57. The number of amides is 1. The highest BCUT2D eigenvalue weighted by Gasteiger charge is 2.04. The molecular weight excluding hydrogens is 226 g/mol. The lowest BCUT2D eigenvalue weighted by atomic mass is 10.2. The van der Waals surface area contributed by atoms with Crippen molar-refractivity contribution in [3.05, 3.63) is 59.7 Å². The molecule has 92 valence electrons. The van der Waals surface area contributed by atoms with Crippen LogP contribution in [-0.2, 0) is 6.42 Å². The lowest BCUT2D eigenvalue weighted by molar-refractivity contribution is 0.0953. The van der Waals surface area contributed by atoms with Crippen molar-refractivity contribution in [2.45, 2.75) is 13.3 Å². The third-order valence-corrected chi connectivity index (χ3v) is 2.57. The molecule has 2 aromatic rings. The van der Waals surface area contributed by atoms with Gasteiger partial charge in [0.15, 0.2) is 0 Å². The molecule has 0 unspecified atom stereocenters. The van der Waals surface area contributed by atoms with Crippen LogP contribution in [0.1, 0.15) is 21.7 Å². The van der Waals surface area contributed by atoms with Crippen LogP contribution in [0.25, 0.3) is 0 Å². The minimum atomic E-state index is -0.0987. The van der Waals surface area contributed by atoms with Crippen molar-refractivity contribution in [1.29, 1.82) is 0 Å². The number of nitrogens with zero attached hydrogens (tertiary/aromatic N) is 2. The molecule has 18 heavy (non-hydrogen) atoms. The highest BCUT2D eigenvalue weighted by atomic mass is 16.1. The maximum atomic E-state index is 11.8. The molecule has 2 rings (SSSR count). The Morgan fingerprint density at radius 2 is 2.11 bits per heavy atom. The molecular formula is C14H15N3O. The summed E-state index contributed by atoms with van der Waals surface area (Å²) in [5.41, 5.74) is 2.46. The van der Waals surface area contributed by atoms with Gasteiger partial charge >= 0.3 is 0 Å². The summed E-state index contributed by atoms with van der Waals surface area (Å²) in [7, 11) is 0. The standard InChI is InChI=1S/C14H15N3O/c1-11-5-6-12(10-17-11)14(18)16-9-7-13-4-2-3-8-15-13/h2-6,8,10H,7,9H2,1H3,(H,16,18). The van der Waals surface area contributed by atoms with E-state index in [4.69, 9.17) is 0 Å². The van der Waals surface area contributed by atoms with Crippen LogP contribution in [0.2, 0.25) is 0 Å². The summed E-state index contributed by atoms with van der Waals surface area (Å²) in [5.74, 6) is -0.0987. The number of nitrogens with one attached hydrogen (secondary N) is 1. The van der Waals surface area contributed by atoms with E-state index in [0.29, 0.717) is 12.1 Å². The SMILES string of the molecule is Cc1ccc(C(=O)NCCc2ccccn2)cn1. The van der Waals surface area contributed by atoms with E-state index >= 15 is 0 Å². The fourth-order valence-corrected chi connectivity index (χ4v) is 1.55. The van der Waals surface area contributed by atoms with E-state index in [2.05, 4.69) is 15.3 Å². The van der Waals surface area contributed by atoms with Gasteiger partial charge in [0.25, 0.3) is 5.91 Å². The summed E-state index contributed by atoms with van der Waals surface area (Å²) >= 11 is 0. The van der Waals surface area contributed by atoms with Crippen LogP contribution < -0.4 is 5.32 Å². The fourth-order valence-electron chi connectivity index (χ4n) is 1.55. The Hall–Kier alpha value is -2.23. The molecule has 2 aromatic heterocycles. The van der Waals surface area contributed by atoms with E-state index in [0.717, 1.165) is 17.8 Å². The number of aryl methyl sites for hydroxylation is 1. The molecule has 1 amide bonds. The Labute approximate surface area is 106 Å². The van der Waals surface area contributed by atoms with Gasteiger partial charge in [-0.1, -0.05) is 6.07 Å². The second-order valence-electron chi connectivity index (χ2n) is 4.02. The zero-order valence-electron chi connectivity index (χ0n) is 10.3. The van der Waals surface area contributed by atoms with Crippen LogP contribution in [-0.4, -0.2) is 22.4 Å². The monoisotopic (exact) mass is 241 g/mol. The van der Waals surface area contributed by atoms with E-state index in [9.17, 15) is 4.79 Å². The quantitative estimate of drug-likeness (QED) is 0.887. The molecule has 0 radical (unpaired) electrons. The Kier molecular flexibility index (Phi) is 4.02. The molecule has 0 atom stereocenters. The molecule has 0 aliphatic heterocycles. The largest absolute Gasteiger partial charge is 0.352 e. The molecule has 0 bridgehead atoms. The first-order valence-corrected chi connectivity index (χ1v) is 5.86. The molecule has 4 heteroatoms. The van der Waals surface area contributed by atoms with Gasteiger partial charge in [-0.2, -0.15) is 0 Å². The van der Waals surface area contributed by atoms with E-state index in [1.165, 1.54) is 0 Å². The van der Waals surface area contributed by atoms with Gasteiger partial charge in [-0.05, 0) is 31.2 Å². The van der Waals surface area contributed by atoms with E-state index in [-0.39, 0.29) is 5.91 Å². The second kappa shape index (κ2) is 5.91. The molecule has 4 nitrogen and oxygen atoms in total. The first kappa shape index (κ1) is 12.2. The smallest absolute Gasteiger partial charge is 0.252 e. The fraction of sp³-hybridized carbons (Fsp3) is 0.214. The van der Waals surface area contributed by atoms with Crippen molar-refractivity contribution < 1.29 is 4.79 Å². The van der Waals surface area contributed by atoms with Crippen molar-refractivity contribution in [2.24, 2.45) is 0 Å². The second-order valence-corrected chi connectivity index (χ2v) is 4.02. The van der Waals surface area contributed by atoms with Gasteiger partial charge in [0.1, 0.15) is 0 Å². The summed E-state index contributed by atoms with van der Waals surface area (Å²) in [5, 5.41) is 2.85. The summed E-state index contributed by atoms with van der Waals surface area (Å²) in [6, 6.07) is 9.36. The van der Waals surface area contributed by atoms with Gasteiger partial charge in [0.05, 0.1) is 5.56 Å². The number of aromatic nitrogens is 2. The Morgan fingerprint density at radius 1 is 1.22 bits per heavy atom. The van der Waals surface area contributed by atoms with Crippen molar-refractivity contribution in [3.63, 3.8) is 0 Å². The molecule has 0 spiro atoms. The van der Waals surface area contributed by atoms with E-state index in [1.807, 2.05) is 31.2 Å². The van der Waals surface area contributed by atoms with Gasteiger partial charge in [-0.15, -0.1) is 0 Å². The Morgan fingerprint density at radius 3 is 2.78 bits per heavy atom. The van der Waals surface area contributed by atoms with Crippen molar-refractivity contribution in [1.82, 2.24) is 15.3 Å². The predicted octanol–water partition coefficient (Wildman–Crippen LogP) is 1.76. The van der Waals surface area contributed by atoms with Crippen molar-refractivity contribution in [2.75, 3.05) is 6.54 Å². The first-order valence-electron chi connectivity index (χ1n) is 5.86. The van der Waals surface area contributed by atoms with Crippen LogP contribution in [0.5, 0.6) is 0 Å². The molecule has 0 fully saturated rings. The van der Waals surface area contributed by atoms with E-state index in [1.54, 1.807) is 18.5 Å². The lowest BCUT2D eigenvalue weighted by Crippen LogP contribution is -2.26. The molecule has 0 aliphatic carbocycles. The summed E-state index contributed by atoms with van der Waals surface area (Å²) < 4.78 is 0. The third kappa shape index (κ3) is 3.38. The summed E-state index contributed by atoms with van der Waals surface area (Å²) in [6.07, 6.45) is 4.07. The molecule has 1 N–H and O–H groups in total. The average Bonchev–Trinajstić information content (AvgIpc) is 2.40. The van der Waals surface area contributed by atoms with Crippen LogP contribution >= 0.6 is 0 Å². The predicted molar refractivity (Wildman–Crippen MR) is 69.2 cm³/mol. The maximum Gasteiger partial charge on any atom is 0.252 e. The number of hydrogen-bond donors (Lipinski definition) is 1. The Balaban J connectivity index is 1.84. The Bertz CT molecular complexity index is 508. The van der Waals surface area contributed by atoms with Crippen molar-refractivity contribution in [3.8, 4) is 0 Å². The van der Waals surface area contributed by atoms with Crippen LogP contribution in [0.4, 0.5) is 0 Å². The van der Waals surface area contributed by atoms with Gasteiger partial charge in [0.2, 0.25) is 0 Å². The van der Waals surface area contributed by atoms with Gasteiger partial charge in [0, 0.05) is 36.7 Å². The van der Waals surface area contributed by atoms with Crippen LogP contribution in [0.15, 0.2) is 42.7 Å². The number of hydrogen-bond acceptors (Lipinski definition) is 3. The van der Waals surface area contributed by atoms with Gasteiger partial charge in [-0.3, -0.25) is 14.8 Å². The van der Waals surface area contributed by atoms with Crippen LogP contribution in [0.3, 0.4) is 0 Å². The summed E-state index contributed by atoms with van der Waals surface area (Å²) in [6.45, 7) is 2.46. The summed E-state index contributed by atoms with van der Waals surface area (Å²) in [4.78, 5) is 20.1. The number of rotatable bonds is 4. The average molecular weight is 241 g/mol. The lowest BCUT2D eigenvalue weighted by Gasteiger charge is -2.04. The number of pyridine rings is 2. The highest BCUT2D eigenvalue weighted by Crippen LogP contribution is 1.99.